The number of piperidine rings is 1. The first-order chi connectivity index (χ1) is 7.59. The molecule has 0 aromatic heterocycles. The molecule has 1 rings (SSSR count). The molecule has 16 heavy (non-hydrogen) atoms. The number of aliphatic carboxylic acids is 1. The maximum atomic E-state index is 11.4. The summed E-state index contributed by atoms with van der Waals surface area (Å²) >= 11 is 0. The highest BCUT2D eigenvalue weighted by Crippen LogP contribution is 2.11. The molecule has 1 aliphatic heterocycles. The van der Waals surface area contributed by atoms with Gasteiger partial charge in [0.2, 0.25) is 5.91 Å². The highest BCUT2D eigenvalue weighted by molar-refractivity contribution is 5.83. The van der Waals surface area contributed by atoms with Crippen molar-refractivity contribution in [3.05, 3.63) is 0 Å². The summed E-state index contributed by atoms with van der Waals surface area (Å²) in [7, 11) is 0. The van der Waals surface area contributed by atoms with Crippen molar-refractivity contribution in [1.29, 1.82) is 0 Å². The molecule has 3 N–H and O–H groups in total. The average Bonchev–Trinajstić information content (AvgIpc) is 2.27. The van der Waals surface area contributed by atoms with Gasteiger partial charge in [-0.05, 0) is 32.7 Å². The maximum absolute atomic E-state index is 11.4. The van der Waals surface area contributed by atoms with Crippen molar-refractivity contribution >= 4 is 11.9 Å². The van der Waals surface area contributed by atoms with Gasteiger partial charge in [-0.15, -0.1) is 0 Å². The van der Waals surface area contributed by atoms with Crippen molar-refractivity contribution in [2.45, 2.75) is 51.1 Å². The van der Waals surface area contributed by atoms with E-state index in [2.05, 4.69) is 10.6 Å². The Morgan fingerprint density at radius 2 is 2.25 bits per heavy atom. The molecule has 0 aromatic carbocycles. The number of hydrogen-bond donors (Lipinski definition) is 3. The second-order valence-electron chi connectivity index (χ2n) is 4.31. The summed E-state index contributed by atoms with van der Waals surface area (Å²) in [6.45, 7) is 2.50. The minimum atomic E-state index is -0.996. The van der Waals surface area contributed by atoms with Crippen LogP contribution in [-0.2, 0) is 9.59 Å². The Balaban J connectivity index is 2.16. The van der Waals surface area contributed by atoms with E-state index in [1.54, 1.807) is 0 Å². The quantitative estimate of drug-likeness (QED) is 0.640. The molecule has 1 aliphatic rings. The lowest BCUT2D eigenvalue weighted by Gasteiger charge is -2.23. The van der Waals surface area contributed by atoms with Gasteiger partial charge in [0.05, 0.1) is 0 Å². The van der Waals surface area contributed by atoms with Gasteiger partial charge in [-0.1, -0.05) is 6.42 Å². The third-order valence-electron chi connectivity index (χ3n) is 2.88. The van der Waals surface area contributed by atoms with Crippen LogP contribution in [0.4, 0.5) is 0 Å². The largest absolute Gasteiger partial charge is 0.480 e. The molecule has 1 fully saturated rings. The summed E-state index contributed by atoms with van der Waals surface area (Å²) in [5.41, 5.74) is 0. The van der Waals surface area contributed by atoms with E-state index in [1.165, 1.54) is 19.8 Å². The van der Waals surface area contributed by atoms with Crippen LogP contribution in [-0.4, -0.2) is 35.6 Å². The molecule has 2 unspecified atom stereocenters. The van der Waals surface area contributed by atoms with E-state index in [9.17, 15) is 9.59 Å². The fourth-order valence-electron chi connectivity index (χ4n) is 1.85. The van der Waals surface area contributed by atoms with Crippen molar-refractivity contribution < 1.29 is 14.7 Å². The van der Waals surface area contributed by atoms with Crippen LogP contribution in [0.1, 0.15) is 39.0 Å². The topological polar surface area (TPSA) is 78.4 Å². The summed E-state index contributed by atoms with van der Waals surface area (Å²) < 4.78 is 0. The molecular formula is C11H20N2O3. The Hall–Kier alpha value is -1.10. The van der Waals surface area contributed by atoms with E-state index >= 15 is 0 Å². The number of carboxylic acid groups (broad SMARTS) is 1. The number of rotatable bonds is 5. The number of hydrogen-bond acceptors (Lipinski definition) is 3. The van der Waals surface area contributed by atoms with E-state index in [0.29, 0.717) is 12.5 Å². The van der Waals surface area contributed by atoms with Crippen molar-refractivity contribution in [3.8, 4) is 0 Å². The number of carboxylic acids is 1. The first-order valence-electron chi connectivity index (χ1n) is 5.85. The summed E-state index contributed by atoms with van der Waals surface area (Å²) in [5.74, 6) is -1.17. The summed E-state index contributed by atoms with van der Waals surface area (Å²) in [6, 6.07) is -0.383. The van der Waals surface area contributed by atoms with Crippen LogP contribution in [0.2, 0.25) is 0 Å². The minimum absolute atomic E-state index is 0.178. The van der Waals surface area contributed by atoms with Crippen LogP contribution in [0, 0.1) is 0 Å². The molecule has 1 heterocycles. The Morgan fingerprint density at radius 3 is 2.81 bits per heavy atom. The highest BCUT2D eigenvalue weighted by atomic mass is 16.4. The Labute approximate surface area is 95.6 Å². The van der Waals surface area contributed by atoms with Crippen molar-refractivity contribution in [1.82, 2.24) is 10.6 Å². The number of nitrogens with one attached hydrogen (secondary N) is 2. The lowest BCUT2D eigenvalue weighted by Crippen LogP contribution is -2.40. The molecule has 2 atom stereocenters. The smallest absolute Gasteiger partial charge is 0.325 e. The van der Waals surface area contributed by atoms with Gasteiger partial charge in [-0.2, -0.15) is 0 Å². The van der Waals surface area contributed by atoms with Gasteiger partial charge in [0, 0.05) is 12.5 Å². The van der Waals surface area contributed by atoms with Crippen molar-refractivity contribution in [2.75, 3.05) is 6.54 Å². The Morgan fingerprint density at radius 1 is 1.50 bits per heavy atom. The molecule has 5 nitrogen and oxygen atoms in total. The number of carbonyl (C=O) groups is 2. The van der Waals surface area contributed by atoms with Crippen LogP contribution in [0.3, 0.4) is 0 Å². The van der Waals surface area contributed by atoms with E-state index < -0.39 is 12.0 Å². The fraction of sp³-hybridized carbons (Fsp3) is 0.818. The molecule has 1 amide bonds. The predicted molar refractivity (Wildman–Crippen MR) is 60.1 cm³/mol. The second kappa shape index (κ2) is 6.48. The van der Waals surface area contributed by atoms with Gasteiger partial charge in [0.15, 0.2) is 0 Å². The monoisotopic (exact) mass is 228 g/mol. The van der Waals surface area contributed by atoms with Crippen LogP contribution in [0.5, 0.6) is 0 Å². The van der Waals surface area contributed by atoms with Crippen LogP contribution < -0.4 is 10.6 Å². The maximum Gasteiger partial charge on any atom is 0.325 e. The highest BCUT2D eigenvalue weighted by Gasteiger charge is 2.16. The molecule has 0 radical (unpaired) electrons. The first kappa shape index (κ1) is 13.0. The number of carbonyl (C=O) groups excluding carboxylic acids is 1. The molecule has 0 bridgehead atoms. The van der Waals surface area contributed by atoms with E-state index in [0.717, 1.165) is 19.4 Å². The molecule has 0 saturated carbocycles. The van der Waals surface area contributed by atoms with Crippen LogP contribution in [0.25, 0.3) is 0 Å². The zero-order chi connectivity index (χ0) is 12.0. The van der Waals surface area contributed by atoms with Gasteiger partial charge in [0.1, 0.15) is 6.04 Å². The Kier molecular flexibility index (Phi) is 5.25. The van der Waals surface area contributed by atoms with E-state index in [4.69, 9.17) is 5.11 Å². The minimum Gasteiger partial charge on any atom is -0.480 e. The lowest BCUT2D eigenvalue weighted by atomic mass is 10.0. The van der Waals surface area contributed by atoms with Crippen LogP contribution in [0.15, 0.2) is 0 Å². The SMILES string of the molecule is CC(NC(=O)CCC1CCCCN1)C(=O)O. The summed E-state index contributed by atoms with van der Waals surface area (Å²) in [6.07, 6.45) is 4.72. The van der Waals surface area contributed by atoms with Crippen LogP contribution >= 0.6 is 0 Å². The normalized spacial score (nSPS) is 22.4. The van der Waals surface area contributed by atoms with Gasteiger partial charge in [0.25, 0.3) is 0 Å². The molecule has 5 heteroatoms. The molecule has 0 aromatic rings. The summed E-state index contributed by atoms with van der Waals surface area (Å²) in [4.78, 5) is 21.9. The lowest BCUT2D eigenvalue weighted by molar-refractivity contribution is -0.141. The molecule has 0 spiro atoms. The van der Waals surface area contributed by atoms with Gasteiger partial charge >= 0.3 is 5.97 Å². The molecule has 1 saturated heterocycles. The molecule has 0 aliphatic carbocycles. The second-order valence-corrected chi connectivity index (χ2v) is 4.31. The molecular weight excluding hydrogens is 208 g/mol. The van der Waals surface area contributed by atoms with Gasteiger partial charge in [-0.3, -0.25) is 9.59 Å². The standard InChI is InChI=1S/C11H20N2O3/c1-8(11(15)16)13-10(14)6-5-9-4-2-3-7-12-9/h8-9,12H,2-7H2,1H3,(H,13,14)(H,15,16). The third-order valence-corrected chi connectivity index (χ3v) is 2.88. The van der Waals surface area contributed by atoms with Gasteiger partial charge in [-0.25, -0.2) is 0 Å². The van der Waals surface area contributed by atoms with Crippen molar-refractivity contribution in [2.24, 2.45) is 0 Å². The van der Waals surface area contributed by atoms with Crippen molar-refractivity contribution in [3.63, 3.8) is 0 Å². The summed E-state index contributed by atoms with van der Waals surface area (Å²) in [5, 5.41) is 14.4. The first-order valence-corrected chi connectivity index (χ1v) is 5.85. The zero-order valence-electron chi connectivity index (χ0n) is 9.66. The number of amides is 1. The third kappa shape index (κ3) is 4.61. The predicted octanol–water partition coefficient (Wildman–Crippen LogP) is 0.498. The average molecular weight is 228 g/mol. The van der Waals surface area contributed by atoms with E-state index in [-0.39, 0.29) is 5.91 Å². The van der Waals surface area contributed by atoms with Gasteiger partial charge < -0.3 is 15.7 Å². The fourth-order valence-corrected chi connectivity index (χ4v) is 1.85. The van der Waals surface area contributed by atoms with E-state index in [1.807, 2.05) is 0 Å². The molecule has 92 valence electrons. The zero-order valence-corrected chi connectivity index (χ0v) is 9.66. The Bertz CT molecular complexity index is 250.